The van der Waals surface area contributed by atoms with Gasteiger partial charge in [-0.2, -0.15) is 13.2 Å². The van der Waals surface area contributed by atoms with Crippen LogP contribution in [-0.2, 0) is 17.5 Å². The molecule has 0 spiro atoms. The number of benzene rings is 1. The van der Waals surface area contributed by atoms with Crippen molar-refractivity contribution < 1.29 is 22.7 Å². The molecule has 33 heavy (non-hydrogen) atoms. The van der Waals surface area contributed by atoms with E-state index < -0.39 is 11.7 Å². The fraction of sp³-hybridized carbons (Fsp3) is 0.375. The summed E-state index contributed by atoms with van der Waals surface area (Å²) in [7, 11) is 1.57. The van der Waals surface area contributed by atoms with Crippen molar-refractivity contribution >= 4 is 22.6 Å². The Morgan fingerprint density at radius 3 is 2.48 bits per heavy atom. The average molecular weight is 461 g/mol. The van der Waals surface area contributed by atoms with E-state index in [0.717, 1.165) is 23.2 Å². The summed E-state index contributed by atoms with van der Waals surface area (Å²) >= 11 is 0. The first-order valence-corrected chi connectivity index (χ1v) is 10.5. The number of nitrogen functional groups attached to an aromatic ring is 1. The number of hydrogen-bond acceptors (Lipinski definition) is 5. The van der Waals surface area contributed by atoms with Gasteiger partial charge in [-0.05, 0) is 54.8 Å². The highest BCUT2D eigenvalue weighted by Gasteiger charge is 2.31. The summed E-state index contributed by atoms with van der Waals surface area (Å²) in [6.45, 7) is 6.09. The van der Waals surface area contributed by atoms with E-state index in [0.29, 0.717) is 22.6 Å². The maximum Gasteiger partial charge on any atom is 0.417 e. The Bertz CT molecular complexity index is 1130. The second-order valence-electron chi connectivity index (χ2n) is 8.34. The number of fused-ring (bicyclic) bond motifs is 1. The Hall–Kier alpha value is -3.20. The summed E-state index contributed by atoms with van der Waals surface area (Å²) in [5, 5.41) is 0.771. The standard InChI is InChI=1S/C24H27F3N4O2/c1-14(2)21(33-4)13-31(12-19-7-6-18(11-29-19)24(25,26)27)23(32)16-5-8-20-17(10-16)9-15(3)22(28)30-20/h5-11,14,21H,12-13H2,1-4H3,(H2,28,30)/t21-/m1/s1. The van der Waals surface area contributed by atoms with E-state index in [-0.39, 0.29) is 31.0 Å². The molecule has 0 aliphatic heterocycles. The van der Waals surface area contributed by atoms with Crippen molar-refractivity contribution in [3.63, 3.8) is 0 Å². The molecule has 0 aliphatic rings. The number of nitrogens with two attached hydrogens (primary N) is 1. The van der Waals surface area contributed by atoms with Gasteiger partial charge in [0.05, 0.1) is 29.4 Å². The molecule has 0 bridgehead atoms. The van der Waals surface area contributed by atoms with Gasteiger partial charge >= 0.3 is 6.18 Å². The molecule has 1 amide bonds. The minimum Gasteiger partial charge on any atom is -0.383 e. The highest BCUT2D eigenvalue weighted by Crippen LogP contribution is 2.28. The Morgan fingerprint density at radius 1 is 1.18 bits per heavy atom. The van der Waals surface area contributed by atoms with Crippen LogP contribution in [-0.4, -0.2) is 40.5 Å². The topological polar surface area (TPSA) is 81.3 Å². The first-order chi connectivity index (χ1) is 15.5. The van der Waals surface area contributed by atoms with Crippen molar-refractivity contribution in [3.8, 4) is 0 Å². The lowest BCUT2D eigenvalue weighted by molar-refractivity contribution is -0.137. The molecule has 0 unspecified atom stereocenters. The summed E-state index contributed by atoms with van der Waals surface area (Å²) in [6, 6.07) is 9.25. The maximum absolute atomic E-state index is 13.5. The number of methoxy groups -OCH3 is 1. The smallest absolute Gasteiger partial charge is 0.383 e. The number of aryl methyl sites for hydroxylation is 1. The highest BCUT2D eigenvalue weighted by molar-refractivity contribution is 5.98. The van der Waals surface area contributed by atoms with E-state index in [4.69, 9.17) is 10.5 Å². The molecule has 1 atom stereocenters. The van der Waals surface area contributed by atoms with Crippen LogP contribution in [0.15, 0.2) is 42.6 Å². The summed E-state index contributed by atoms with van der Waals surface area (Å²) in [5.41, 5.74) is 7.29. The van der Waals surface area contributed by atoms with Crippen molar-refractivity contribution in [2.75, 3.05) is 19.4 Å². The van der Waals surface area contributed by atoms with Crippen LogP contribution in [0, 0.1) is 12.8 Å². The predicted octanol–water partition coefficient (Wildman–Crippen LogP) is 4.85. The molecule has 2 aromatic heterocycles. The van der Waals surface area contributed by atoms with Crippen LogP contribution >= 0.6 is 0 Å². The highest BCUT2D eigenvalue weighted by atomic mass is 19.4. The van der Waals surface area contributed by atoms with Gasteiger partial charge in [0.15, 0.2) is 0 Å². The third-order valence-electron chi connectivity index (χ3n) is 5.53. The number of pyridine rings is 2. The van der Waals surface area contributed by atoms with E-state index in [1.54, 1.807) is 30.2 Å². The lowest BCUT2D eigenvalue weighted by atomic mass is 10.0. The number of ether oxygens (including phenoxy) is 1. The van der Waals surface area contributed by atoms with Crippen molar-refractivity contribution in [2.24, 2.45) is 5.92 Å². The minimum absolute atomic E-state index is 0.0423. The van der Waals surface area contributed by atoms with E-state index in [1.165, 1.54) is 6.07 Å². The molecule has 0 saturated carbocycles. The lowest BCUT2D eigenvalue weighted by Gasteiger charge is -2.29. The summed E-state index contributed by atoms with van der Waals surface area (Å²) in [5.74, 6) is 0.268. The second-order valence-corrected chi connectivity index (χ2v) is 8.34. The van der Waals surface area contributed by atoms with Crippen LogP contribution in [0.4, 0.5) is 19.0 Å². The third kappa shape index (κ3) is 5.78. The number of anilines is 1. The molecule has 6 nitrogen and oxygen atoms in total. The number of alkyl halides is 3. The Labute approximate surface area is 190 Å². The monoisotopic (exact) mass is 460 g/mol. The predicted molar refractivity (Wildman–Crippen MR) is 121 cm³/mol. The van der Waals surface area contributed by atoms with Gasteiger partial charge < -0.3 is 15.4 Å². The fourth-order valence-electron chi connectivity index (χ4n) is 3.49. The summed E-state index contributed by atoms with van der Waals surface area (Å²) in [4.78, 5) is 23.3. The van der Waals surface area contributed by atoms with Crippen LogP contribution in [0.25, 0.3) is 10.9 Å². The van der Waals surface area contributed by atoms with E-state index >= 15 is 0 Å². The van der Waals surface area contributed by atoms with Crippen molar-refractivity contribution in [2.45, 2.75) is 39.6 Å². The van der Waals surface area contributed by atoms with E-state index in [2.05, 4.69) is 9.97 Å². The zero-order valence-corrected chi connectivity index (χ0v) is 19.0. The number of halogens is 3. The first kappa shape index (κ1) is 24.4. The van der Waals surface area contributed by atoms with Gasteiger partial charge in [0.1, 0.15) is 5.82 Å². The van der Waals surface area contributed by atoms with Gasteiger partial charge in [-0.1, -0.05) is 13.8 Å². The molecule has 2 heterocycles. The molecule has 0 aliphatic carbocycles. The molecule has 0 fully saturated rings. The van der Waals surface area contributed by atoms with Gasteiger partial charge in [-0.3, -0.25) is 9.78 Å². The average Bonchev–Trinajstić information content (AvgIpc) is 2.76. The van der Waals surface area contributed by atoms with Crippen molar-refractivity contribution in [1.29, 1.82) is 0 Å². The fourth-order valence-corrected chi connectivity index (χ4v) is 3.49. The SMILES string of the molecule is CO[C@H](CN(Cc1ccc(C(F)(F)F)cn1)C(=O)c1ccc2nc(N)c(C)cc2c1)C(C)C. The first-order valence-electron chi connectivity index (χ1n) is 10.5. The molecule has 176 valence electrons. The Kier molecular flexibility index (Phi) is 7.22. The zero-order valence-electron chi connectivity index (χ0n) is 19.0. The number of nitrogens with zero attached hydrogens (tertiary/aromatic N) is 3. The van der Waals surface area contributed by atoms with Crippen LogP contribution in [0.3, 0.4) is 0 Å². The largest absolute Gasteiger partial charge is 0.417 e. The molecule has 0 radical (unpaired) electrons. The van der Waals surface area contributed by atoms with Gasteiger partial charge in [-0.15, -0.1) is 0 Å². The minimum atomic E-state index is -4.47. The normalized spacial score (nSPS) is 12.8. The molecule has 0 saturated heterocycles. The Balaban J connectivity index is 1.93. The van der Waals surface area contributed by atoms with Crippen molar-refractivity contribution in [1.82, 2.24) is 14.9 Å². The molecule has 3 aromatic rings. The van der Waals surface area contributed by atoms with Crippen LogP contribution in [0.5, 0.6) is 0 Å². The molecule has 9 heteroatoms. The quantitative estimate of drug-likeness (QED) is 0.545. The molecule has 1 aromatic carbocycles. The summed E-state index contributed by atoms with van der Waals surface area (Å²) in [6.07, 6.45) is -3.95. The van der Waals surface area contributed by atoms with Gasteiger partial charge in [-0.25, -0.2) is 4.98 Å². The van der Waals surface area contributed by atoms with Crippen LogP contribution in [0.2, 0.25) is 0 Å². The number of hydrogen-bond donors (Lipinski definition) is 1. The van der Waals surface area contributed by atoms with Gasteiger partial charge in [0.25, 0.3) is 5.91 Å². The van der Waals surface area contributed by atoms with Gasteiger partial charge in [0, 0.05) is 30.8 Å². The van der Waals surface area contributed by atoms with E-state index in [9.17, 15) is 18.0 Å². The van der Waals surface area contributed by atoms with Crippen molar-refractivity contribution in [3.05, 3.63) is 65.0 Å². The lowest BCUT2D eigenvalue weighted by Crippen LogP contribution is -2.40. The van der Waals surface area contributed by atoms with Crippen LogP contribution in [0.1, 0.15) is 41.0 Å². The second kappa shape index (κ2) is 9.74. The van der Waals surface area contributed by atoms with E-state index in [1.807, 2.05) is 26.8 Å². The third-order valence-corrected chi connectivity index (χ3v) is 5.53. The zero-order chi connectivity index (χ0) is 24.3. The number of amides is 1. The Morgan fingerprint density at radius 2 is 1.91 bits per heavy atom. The molecule has 3 rings (SSSR count). The molecular formula is C24H27F3N4O2. The molecular weight excluding hydrogens is 433 g/mol. The van der Waals surface area contributed by atoms with Crippen LogP contribution < -0.4 is 5.73 Å². The number of carbonyl (C=O) groups is 1. The maximum atomic E-state index is 13.5. The number of aromatic nitrogens is 2. The molecule has 2 N–H and O–H groups in total. The number of carbonyl (C=O) groups excluding carboxylic acids is 1. The number of rotatable bonds is 7. The summed E-state index contributed by atoms with van der Waals surface area (Å²) < 4.78 is 44.2. The van der Waals surface area contributed by atoms with Gasteiger partial charge in [0.2, 0.25) is 0 Å².